The number of nitrogens with zero attached hydrogens (tertiary/aromatic N) is 2. The molecule has 2 saturated heterocycles. The second-order valence-electron chi connectivity index (χ2n) is 6.71. The highest BCUT2D eigenvalue weighted by molar-refractivity contribution is 7.13. The molecule has 4 rings (SSSR count). The Hall–Kier alpha value is -1.72. The highest BCUT2D eigenvalue weighted by Gasteiger charge is 2.38. The zero-order valence-electron chi connectivity index (χ0n) is 13.7. The number of thiazole rings is 1. The first-order valence-electron chi connectivity index (χ1n) is 8.66. The minimum atomic E-state index is -0.0400. The summed E-state index contributed by atoms with van der Waals surface area (Å²) in [7, 11) is 0. The number of carbonyl (C=O) groups excluding carboxylic acids is 1. The predicted octanol–water partition coefficient (Wildman–Crippen LogP) is 3.87. The number of ether oxygens (including phenoxy) is 1. The number of rotatable bonds is 3. The van der Waals surface area contributed by atoms with Gasteiger partial charge in [-0.05, 0) is 25.7 Å². The van der Waals surface area contributed by atoms with Gasteiger partial charge in [-0.2, -0.15) is 0 Å². The van der Waals surface area contributed by atoms with Crippen molar-refractivity contribution in [2.24, 2.45) is 0 Å². The molecule has 2 aliphatic heterocycles. The number of likely N-dealkylation sites (tertiary alicyclic amines) is 1. The maximum absolute atomic E-state index is 12.5. The highest BCUT2D eigenvalue weighted by Crippen LogP contribution is 2.36. The number of aromatic nitrogens is 1. The van der Waals surface area contributed by atoms with E-state index in [0.717, 1.165) is 55.1 Å². The Labute approximate surface area is 146 Å². The van der Waals surface area contributed by atoms with Crippen LogP contribution >= 0.6 is 11.3 Å². The smallest absolute Gasteiger partial charge is 0.223 e. The Morgan fingerprint density at radius 2 is 2.08 bits per heavy atom. The molecule has 3 heterocycles. The third-order valence-corrected chi connectivity index (χ3v) is 6.04. The van der Waals surface area contributed by atoms with Crippen molar-refractivity contribution in [3.63, 3.8) is 0 Å². The Morgan fingerprint density at radius 1 is 1.21 bits per heavy atom. The first-order chi connectivity index (χ1) is 11.7. The van der Waals surface area contributed by atoms with E-state index in [4.69, 9.17) is 9.72 Å². The summed E-state index contributed by atoms with van der Waals surface area (Å²) in [5, 5.41) is 3.09. The van der Waals surface area contributed by atoms with Gasteiger partial charge in [-0.1, -0.05) is 30.3 Å². The van der Waals surface area contributed by atoms with Crippen LogP contribution in [-0.4, -0.2) is 34.5 Å². The van der Waals surface area contributed by atoms with Gasteiger partial charge >= 0.3 is 0 Å². The van der Waals surface area contributed by atoms with E-state index in [9.17, 15) is 4.79 Å². The lowest BCUT2D eigenvalue weighted by molar-refractivity contribution is -0.131. The Bertz CT molecular complexity index is 707. The van der Waals surface area contributed by atoms with Crippen molar-refractivity contribution in [3.05, 3.63) is 41.4 Å². The van der Waals surface area contributed by atoms with Crippen molar-refractivity contribution in [3.8, 4) is 10.6 Å². The van der Waals surface area contributed by atoms with Gasteiger partial charge in [0.15, 0.2) is 0 Å². The third kappa shape index (κ3) is 3.23. The minimum absolute atomic E-state index is 0.0400. The van der Waals surface area contributed by atoms with Gasteiger partial charge in [0.1, 0.15) is 5.01 Å². The fourth-order valence-electron chi connectivity index (χ4n) is 3.69. The van der Waals surface area contributed by atoms with E-state index < -0.39 is 0 Å². The van der Waals surface area contributed by atoms with Crippen molar-refractivity contribution in [1.29, 1.82) is 0 Å². The summed E-state index contributed by atoms with van der Waals surface area (Å²) in [4.78, 5) is 19.2. The molecule has 0 aliphatic carbocycles. The number of amides is 1. The monoisotopic (exact) mass is 342 g/mol. The first-order valence-corrected chi connectivity index (χ1v) is 9.54. The van der Waals surface area contributed by atoms with Crippen LogP contribution in [0.1, 0.15) is 37.8 Å². The van der Waals surface area contributed by atoms with E-state index in [-0.39, 0.29) is 11.5 Å². The molecule has 4 nitrogen and oxygen atoms in total. The van der Waals surface area contributed by atoms with E-state index >= 15 is 0 Å². The van der Waals surface area contributed by atoms with Crippen molar-refractivity contribution in [2.75, 3.05) is 13.2 Å². The molecule has 1 unspecified atom stereocenters. The molecular weight excluding hydrogens is 320 g/mol. The largest absolute Gasteiger partial charge is 0.375 e. The van der Waals surface area contributed by atoms with Gasteiger partial charge in [-0.3, -0.25) is 4.79 Å². The average molecular weight is 342 g/mol. The van der Waals surface area contributed by atoms with Gasteiger partial charge < -0.3 is 9.64 Å². The van der Waals surface area contributed by atoms with E-state index in [2.05, 4.69) is 17.5 Å². The second kappa shape index (κ2) is 6.65. The fraction of sp³-hybridized carbons (Fsp3) is 0.474. The number of hydrogen-bond acceptors (Lipinski definition) is 4. The van der Waals surface area contributed by atoms with Crippen LogP contribution in [0.5, 0.6) is 0 Å². The topological polar surface area (TPSA) is 42.4 Å². The molecular formula is C19H22N2O2S. The summed E-state index contributed by atoms with van der Waals surface area (Å²) < 4.78 is 5.98. The SMILES string of the molecule is O=C1CCC2(CCCO2)CCN1Cc1csc(-c2ccccc2)n1. The summed E-state index contributed by atoms with van der Waals surface area (Å²) in [6.07, 6.45) is 4.64. The maximum atomic E-state index is 12.5. The van der Waals surface area contributed by atoms with Crippen LogP contribution in [0.25, 0.3) is 10.6 Å². The van der Waals surface area contributed by atoms with Crippen LogP contribution in [0.3, 0.4) is 0 Å². The van der Waals surface area contributed by atoms with Crippen LogP contribution in [0.4, 0.5) is 0 Å². The van der Waals surface area contributed by atoms with Crippen molar-refractivity contribution < 1.29 is 9.53 Å². The van der Waals surface area contributed by atoms with Gasteiger partial charge in [0.25, 0.3) is 0 Å². The molecule has 1 atom stereocenters. The quantitative estimate of drug-likeness (QED) is 0.850. The van der Waals surface area contributed by atoms with E-state index in [0.29, 0.717) is 13.0 Å². The molecule has 0 saturated carbocycles. The third-order valence-electron chi connectivity index (χ3n) is 5.09. The first kappa shape index (κ1) is 15.8. The lowest BCUT2D eigenvalue weighted by atomic mass is 9.92. The van der Waals surface area contributed by atoms with Crippen molar-refractivity contribution in [1.82, 2.24) is 9.88 Å². The lowest BCUT2D eigenvalue weighted by Crippen LogP contribution is -2.32. The van der Waals surface area contributed by atoms with Crippen LogP contribution in [0.15, 0.2) is 35.7 Å². The van der Waals surface area contributed by atoms with Gasteiger partial charge in [-0.25, -0.2) is 4.98 Å². The van der Waals surface area contributed by atoms with E-state index in [1.54, 1.807) is 11.3 Å². The Morgan fingerprint density at radius 3 is 2.88 bits per heavy atom. The lowest BCUT2D eigenvalue weighted by Gasteiger charge is -2.26. The molecule has 2 fully saturated rings. The van der Waals surface area contributed by atoms with E-state index in [1.807, 2.05) is 23.1 Å². The number of carbonyl (C=O) groups is 1. The van der Waals surface area contributed by atoms with Gasteiger partial charge in [0.05, 0.1) is 17.8 Å². The summed E-state index contributed by atoms with van der Waals surface area (Å²) in [5.41, 5.74) is 2.08. The van der Waals surface area contributed by atoms with Gasteiger partial charge in [0, 0.05) is 30.5 Å². The van der Waals surface area contributed by atoms with Gasteiger partial charge in [-0.15, -0.1) is 11.3 Å². The summed E-state index contributed by atoms with van der Waals surface area (Å²) in [5.74, 6) is 0.233. The molecule has 2 aliphatic rings. The molecule has 2 aromatic rings. The van der Waals surface area contributed by atoms with Crippen molar-refractivity contribution in [2.45, 2.75) is 44.2 Å². The van der Waals surface area contributed by atoms with Crippen LogP contribution in [-0.2, 0) is 16.1 Å². The number of hydrogen-bond donors (Lipinski definition) is 0. The van der Waals surface area contributed by atoms with Crippen LogP contribution in [0, 0.1) is 0 Å². The molecule has 0 bridgehead atoms. The Balaban J connectivity index is 1.45. The zero-order valence-corrected chi connectivity index (χ0v) is 14.6. The molecule has 1 amide bonds. The molecule has 1 spiro atoms. The van der Waals surface area contributed by atoms with Crippen molar-refractivity contribution >= 4 is 17.2 Å². The predicted molar refractivity (Wildman–Crippen MR) is 94.7 cm³/mol. The molecule has 126 valence electrons. The maximum Gasteiger partial charge on any atom is 0.223 e. The minimum Gasteiger partial charge on any atom is -0.375 e. The van der Waals surface area contributed by atoms with Gasteiger partial charge in [0.2, 0.25) is 5.91 Å². The molecule has 1 aromatic carbocycles. The summed E-state index contributed by atoms with van der Waals surface area (Å²) in [6.45, 7) is 2.23. The molecule has 5 heteroatoms. The molecule has 1 aromatic heterocycles. The molecule has 0 N–H and O–H groups in total. The molecule has 0 radical (unpaired) electrons. The molecule has 24 heavy (non-hydrogen) atoms. The second-order valence-corrected chi connectivity index (χ2v) is 7.57. The van der Waals surface area contributed by atoms with E-state index in [1.165, 1.54) is 0 Å². The average Bonchev–Trinajstić information content (AvgIpc) is 3.24. The normalized spacial score (nSPS) is 24.5. The van der Waals surface area contributed by atoms with Crippen LogP contribution in [0.2, 0.25) is 0 Å². The summed E-state index contributed by atoms with van der Waals surface area (Å²) in [6, 6.07) is 10.2. The highest BCUT2D eigenvalue weighted by atomic mass is 32.1. The Kier molecular flexibility index (Phi) is 4.37. The zero-order chi connectivity index (χ0) is 16.4. The van der Waals surface area contributed by atoms with Crippen LogP contribution < -0.4 is 0 Å². The standard InChI is InChI=1S/C19H22N2O2S/c22-17-7-9-19(8-4-12-23-19)10-11-21(17)13-16-14-24-18(20-16)15-5-2-1-3-6-15/h1-3,5-6,14H,4,7-13H2. The fourth-order valence-corrected chi connectivity index (χ4v) is 4.50. The summed E-state index contributed by atoms with van der Waals surface area (Å²) >= 11 is 1.64. The number of benzene rings is 1.